The van der Waals surface area contributed by atoms with Gasteiger partial charge in [0, 0.05) is 24.4 Å². The number of ether oxygens (including phenoxy) is 1. The van der Waals surface area contributed by atoms with E-state index in [9.17, 15) is 19.7 Å². The van der Waals surface area contributed by atoms with Crippen molar-refractivity contribution < 1.29 is 19.2 Å². The van der Waals surface area contributed by atoms with E-state index in [1.807, 2.05) is 0 Å². The van der Waals surface area contributed by atoms with Gasteiger partial charge < -0.3 is 10.1 Å². The predicted octanol–water partition coefficient (Wildman–Crippen LogP) is 2.86. The molecule has 23 heavy (non-hydrogen) atoms. The highest BCUT2D eigenvalue weighted by Crippen LogP contribution is 2.26. The van der Waals surface area contributed by atoms with Gasteiger partial charge in [-0.3, -0.25) is 19.7 Å². The third-order valence-corrected chi connectivity index (χ3v) is 3.94. The van der Waals surface area contributed by atoms with Crippen molar-refractivity contribution in [3.05, 3.63) is 56.3 Å². The number of rotatable bonds is 7. The zero-order valence-corrected chi connectivity index (χ0v) is 13.1. The van der Waals surface area contributed by atoms with E-state index < -0.39 is 4.92 Å². The fourth-order valence-electron chi connectivity index (χ4n) is 1.93. The number of non-ortho nitro benzene ring substituents is 1. The molecule has 0 bridgehead atoms. The Morgan fingerprint density at radius 3 is 2.74 bits per heavy atom. The van der Waals surface area contributed by atoms with E-state index in [1.165, 1.54) is 36.6 Å². The molecule has 120 valence electrons. The van der Waals surface area contributed by atoms with E-state index in [-0.39, 0.29) is 36.0 Å². The Morgan fingerprint density at radius 2 is 2.13 bits per heavy atom. The molecule has 0 saturated heterocycles. The Balaban J connectivity index is 2.28. The summed E-state index contributed by atoms with van der Waals surface area (Å²) in [7, 11) is 1.29. The number of nitrogens with one attached hydrogen (secondary N) is 1. The van der Waals surface area contributed by atoms with E-state index in [1.54, 1.807) is 17.5 Å². The van der Waals surface area contributed by atoms with Gasteiger partial charge in [0.15, 0.2) is 0 Å². The average molecular weight is 334 g/mol. The predicted molar refractivity (Wildman–Crippen MR) is 86.0 cm³/mol. The molecule has 0 amide bonds. The number of esters is 1. The molecule has 0 aliphatic carbocycles. The summed E-state index contributed by atoms with van der Waals surface area (Å²) >= 11 is 1.26. The van der Waals surface area contributed by atoms with Gasteiger partial charge in [0.2, 0.25) is 5.78 Å². The third-order valence-electron chi connectivity index (χ3n) is 3.08. The number of nitrogens with zero attached hydrogens (tertiary/aromatic N) is 1. The highest BCUT2D eigenvalue weighted by Gasteiger charge is 2.19. The SMILES string of the molecule is COC(=O)CCNc1ccc([N+](=O)[O-])cc1C(=O)c1cccs1. The zero-order valence-electron chi connectivity index (χ0n) is 12.3. The minimum absolute atomic E-state index is 0.125. The summed E-state index contributed by atoms with van der Waals surface area (Å²) in [6.45, 7) is 0.259. The van der Waals surface area contributed by atoms with Crippen LogP contribution >= 0.6 is 11.3 Å². The fourth-order valence-corrected chi connectivity index (χ4v) is 2.61. The van der Waals surface area contributed by atoms with Gasteiger partial charge in [-0.25, -0.2) is 0 Å². The highest BCUT2D eigenvalue weighted by molar-refractivity contribution is 7.12. The van der Waals surface area contributed by atoms with Gasteiger partial charge in [0.25, 0.3) is 5.69 Å². The van der Waals surface area contributed by atoms with Crippen LogP contribution < -0.4 is 5.32 Å². The molecule has 2 aromatic rings. The number of methoxy groups -OCH3 is 1. The van der Waals surface area contributed by atoms with Crippen LogP contribution in [0.1, 0.15) is 21.7 Å². The second kappa shape index (κ2) is 7.50. The van der Waals surface area contributed by atoms with E-state index in [0.717, 1.165) is 0 Å². The van der Waals surface area contributed by atoms with E-state index >= 15 is 0 Å². The summed E-state index contributed by atoms with van der Waals surface area (Å²) in [5, 5.41) is 15.6. The third kappa shape index (κ3) is 4.13. The van der Waals surface area contributed by atoms with Crippen LogP contribution in [0.4, 0.5) is 11.4 Å². The van der Waals surface area contributed by atoms with Crippen LogP contribution in [0.15, 0.2) is 35.7 Å². The lowest BCUT2D eigenvalue weighted by Gasteiger charge is -2.10. The first-order valence-electron chi connectivity index (χ1n) is 6.70. The summed E-state index contributed by atoms with van der Waals surface area (Å²) in [5.41, 5.74) is 0.479. The monoisotopic (exact) mass is 334 g/mol. The van der Waals surface area contributed by atoms with Gasteiger partial charge in [-0.05, 0) is 17.5 Å². The molecule has 0 spiro atoms. The number of anilines is 1. The maximum Gasteiger partial charge on any atom is 0.307 e. The molecule has 0 fully saturated rings. The largest absolute Gasteiger partial charge is 0.469 e. The van der Waals surface area contributed by atoms with Crippen LogP contribution in [-0.2, 0) is 9.53 Å². The molecule has 0 atom stereocenters. The standard InChI is InChI=1S/C15H14N2O5S/c1-22-14(18)6-7-16-12-5-4-10(17(20)21)9-11(12)15(19)13-3-2-8-23-13/h2-5,8-9,16H,6-7H2,1H3. The van der Waals surface area contributed by atoms with Crippen molar-refractivity contribution in [2.45, 2.75) is 6.42 Å². The van der Waals surface area contributed by atoms with Crippen molar-refractivity contribution in [1.29, 1.82) is 0 Å². The van der Waals surface area contributed by atoms with Gasteiger partial charge in [-0.2, -0.15) is 0 Å². The smallest absolute Gasteiger partial charge is 0.307 e. The van der Waals surface area contributed by atoms with Gasteiger partial charge in [-0.1, -0.05) is 6.07 Å². The molecule has 0 aliphatic heterocycles. The first kappa shape index (κ1) is 16.6. The molecule has 1 heterocycles. The molecule has 1 aromatic carbocycles. The number of nitro groups is 1. The molecule has 2 rings (SSSR count). The van der Waals surface area contributed by atoms with Crippen molar-refractivity contribution in [2.75, 3.05) is 19.0 Å². The Bertz CT molecular complexity index is 727. The molecular formula is C15H14N2O5S. The fraction of sp³-hybridized carbons (Fsp3) is 0.200. The molecule has 0 aliphatic rings. The average Bonchev–Trinajstić information content (AvgIpc) is 3.08. The molecular weight excluding hydrogens is 320 g/mol. The molecule has 1 aromatic heterocycles. The summed E-state index contributed by atoms with van der Waals surface area (Å²) in [6.07, 6.45) is 0.125. The lowest BCUT2D eigenvalue weighted by Crippen LogP contribution is -2.12. The first-order valence-corrected chi connectivity index (χ1v) is 7.58. The van der Waals surface area contributed by atoms with Crippen molar-refractivity contribution >= 4 is 34.5 Å². The number of nitro benzene ring substituents is 1. The van der Waals surface area contributed by atoms with Crippen molar-refractivity contribution in [2.24, 2.45) is 0 Å². The van der Waals surface area contributed by atoms with E-state index in [2.05, 4.69) is 10.1 Å². The van der Waals surface area contributed by atoms with Crippen LogP contribution in [0, 0.1) is 10.1 Å². The van der Waals surface area contributed by atoms with Crippen molar-refractivity contribution in [1.82, 2.24) is 0 Å². The van der Waals surface area contributed by atoms with Crippen LogP contribution in [0.3, 0.4) is 0 Å². The number of hydrogen-bond donors (Lipinski definition) is 1. The molecule has 0 unspecified atom stereocenters. The number of benzene rings is 1. The minimum atomic E-state index is -0.552. The lowest BCUT2D eigenvalue weighted by molar-refractivity contribution is -0.384. The van der Waals surface area contributed by atoms with Gasteiger partial charge >= 0.3 is 5.97 Å². The number of ketones is 1. The molecule has 8 heteroatoms. The van der Waals surface area contributed by atoms with Gasteiger partial charge in [0.1, 0.15) is 0 Å². The Kier molecular flexibility index (Phi) is 5.42. The van der Waals surface area contributed by atoms with Crippen molar-refractivity contribution in [3.63, 3.8) is 0 Å². The Morgan fingerprint density at radius 1 is 1.35 bits per heavy atom. The summed E-state index contributed by atoms with van der Waals surface area (Å²) < 4.78 is 4.54. The number of hydrogen-bond acceptors (Lipinski definition) is 7. The van der Waals surface area contributed by atoms with E-state index in [0.29, 0.717) is 10.6 Å². The molecule has 0 saturated carbocycles. The number of carbonyl (C=O) groups is 2. The Hall–Kier alpha value is -2.74. The highest BCUT2D eigenvalue weighted by atomic mass is 32.1. The summed E-state index contributed by atoms with van der Waals surface area (Å²) in [5.74, 6) is -0.685. The molecule has 1 N–H and O–H groups in total. The first-order chi connectivity index (χ1) is 11.0. The quantitative estimate of drug-likeness (QED) is 0.362. The topological polar surface area (TPSA) is 98.5 Å². The van der Waals surface area contributed by atoms with Crippen LogP contribution in [-0.4, -0.2) is 30.3 Å². The van der Waals surface area contributed by atoms with Gasteiger partial charge in [-0.15, -0.1) is 11.3 Å². The van der Waals surface area contributed by atoms with Crippen LogP contribution in [0.2, 0.25) is 0 Å². The number of carbonyl (C=O) groups excluding carboxylic acids is 2. The van der Waals surface area contributed by atoms with Gasteiger partial charge in [0.05, 0.1) is 28.9 Å². The zero-order chi connectivity index (χ0) is 16.8. The van der Waals surface area contributed by atoms with Crippen LogP contribution in [0.5, 0.6) is 0 Å². The van der Waals surface area contributed by atoms with E-state index in [4.69, 9.17) is 0 Å². The normalized spacial score (nSPS) is 10.1. The Labute approximate surface area is 136 Å². The van der Waals surface area contributed by atoms with Crippen molar-refractivity contribution in [3.8, 4) is 0 Å². The lowest BCUT2D eigenvalue weighted by atomic mass is 10.1. The number of thiophene rings is 1. The second-order valence-electron chi connectivity index (χ2n) is 4.55. The molecule has 7 nitrogen and oxygen atoms in total. The molecule has 0 radical (unpaired) electrons. The minimum Gasteiger partial charge on any atom is -0.469 e. The second-order valence-corrected chi connectivity index (χ2v) is 5.49. The summed E-state index contributed by atoms with van der Waals surface area (Å²) in [4.78, 5) is 34.5. The van der Waals surface area contributed by atoms with Crippen LogP contribution in [0.25, 0.3) is 0 Å². The summed E-state index contributed by atoms with van der Waals surface area (Å²) in [6, 6.07) is 7.41. The maximum atomic E-state index is 12.5. The maximum absolute atomic E-state index is 12.5.